The van der Waals surface area contributed by atoms with Gasteiger partial charge in [0.25, 0.3) is 5.91 Å². The van der Waals surface area contributed by atoms with Crippen LogP contribution in [-0.2, 0) is 22.7 Å². The average molecular weight is 436 g/mol. The molecule has 3 atom stereocenters. The van der Waals surface area contributed by atoms with Crippen molar-refractivity contribution < 1.29 is 27.6 Å². The van der Waals surface area contributed by atoms with Gasteiger partial charge in [-0.05, 0) is 23.6 Å². The van der Waals surface area contributed by atoms with Gasteiger partial charge in [-0.1, -0.05) is 12.1 Å². The molecule has 7 nitrogen and oxygen atoms in total. The fourth-order valence-corrected chi connectivity index (χ4v) is 5.53. The monoisotopic (exact) mass is 436 g/mol. The van der Waals surface area contributed by atoms with Crippen molar-refractivity contribution in [1.82, 2.24) is 20.4 Å². The molecule has 3 saturated heterocycles. The smallest absolute Gasteiger partial charge is 0.322 e. The fraction of sp³-hybridized carbons (Fsp3) is 0.571. The number of carbonyl (C=O) groups is 3. The molecule has 0 bridgehead atoms. The van der Waals surface area contributed by atoms with Crippen molar-refractivity contribution in [1.29, 1.82) is 0 Å². The number of halogens is 3. The number of nitrogens with zero attached hydrogens (tertiary/aromatic N) is 2. The molecule has 3 fully saturated rings. The number of amides is 3. The maximum Gasteiger partial charge on any atom is 0.397 e. The van der Waals surface area contributed by atoms with E-state index in [0.717, 1.165) is 11.1 Å². The summed E-state index contributed by atoms with van der Waals surface area (Å²) >= 11 is 0. The van der Waals surface area contributed by atoms with Gasteiger partial charge in [0.2, 0.25) is 11.8 Å². The molecule has 0 saturated carbocycles. The summed E-state index contributed by atoms with van der Waals surface area (Å²) in [5, 5.41) is 5.17. The lowest BCUT2D eigenvalue weighted by Crippen LogP contribution is -2.52. The molecule has 1 unspecified atom stereocenters. The summed E-state index contributed by atoms with van der Waals surface area (Å²) in [6, 6.07) is 4.64. The first-order chi connectivity index (χ1) is 14.7. The third-order valence-corrected chi connectivity index (χ3v) is 7.16. The predicted molar refractivity (Wildman–Crippen MR) is 103 cm³/mol. The largest absolute Gasteiger partial charge is 0.397 e. The molecular weight excluding hydrogens is 413 g/mol. The molecule has 10 heteroatoms. The van der Waals surface area contributed by atoms with Crippen LogP contribution in [0.1, 0.15) is 34.3 Å². The lowest BCUT2D eigenvalue weighted by atomic mass is 9.80. The van der Waals surface area contributed by atoms with Crippen molar-refractivity contribution in [3.8, 4) is 0 Å². The number of imide groups is 1. The van der Waals surface area contributed by atoms with E-state index in [2.05, 4.69) is 10.6 Å². The lowest BCUT2D eigenvalue weighted by molar-refractivity contribution is -0.221. The number of piperidine rings is 1. The van der Waals surface area contributed by atoms with Crippen molar-refractivity contribution >= 4 is 17.7 Å². The first kappa shape index (κ1) is 20.4. The number of likely N-dealkylation sites (tertiary alicyclic amines) is 1. The molecule has 1 aromatic rings. The molecule has 5 rings (SSSR count). The second-order valence-electron chi connectivity index (χ2n) is 9.04. The second kappa shape index (κ2) is 7.03. The summed E-state index contributed by atoms with van der Waals surface area (Å²) in [6.45, 7) is 1.31. The zero-order chi connectivity index (χ0) is 22.0. The Balaban J connectivity index is 1.30. The van der Waals surface area contributed by atoms with Crippen molar-refractivity contribution in [3.05, 3.63) is 34.9 Å². The van der Waals surface area contributed by atoms with Crippen LogP contribution in [0.3, 0.4) is 0 Å². The van der Waals surface area contributed by atoms with Gasteiger partial charge >= 0.3 is 6.18 Å². The minimum atomic E-state index is -4.25. The zero-order valence-corrected chi connectivity index (χ0v) is 16.8. The third-order valence-electron chi connectivity index (χ3n) is 7.16. The Kier molecular flexibility index (Phi) is 4.63. The molecule has 166 valence electrons. The zero-order valence-electron chi connectivity index (χ0n) is 16.8. The van der Waals surface area contributed by atoms with Crippen LogP contribution in [0, 0.1) is 11.3 Å². The van der Waals surface area contributed by atoms with Gasteiger partial charge in [-0.25, -0.2) is 0 Å². The summed E-state index contributed by atoms with van der Waals surface area (Å²) in [5.41, 5.74) is 0.422. The van der Waals surface area contributed by atoms with Crippen LogP contribution in [0.4, 0.5) is 13.2 Å². The normalized spacial score (nSPS) is 31.2. The summed E-state index contributed by atoms with van der Waals surface area (Å²) in [7, 11) is 0. The number of nitrogens with one attached hydrogen (secondary N) is 2. The highest BCUT2D eigenvalue weighted by molar-refractivity contribution is 6.05. The Labute approximate surface area is 176 Å². The number of rotatable bonds is 3. The summed E-state index contributed by atoms with van der Waals surface area (Å²) in [6.07, 6.45) is -3.77. The molecule has 0 aromatic heterocycles. The first-order valence-corrected chi connectivity index (χ1v) is 10.4. The van der Waals surface area contributed by atoms with E-state index in [1.165, 1.54) is 4.90 Å². The Morgan fingerprint density at radius 2 is 2.00 bits per heavy atom. The maximum atomic E-state index is 13.8. The van der Waals surface area contributed by atoms with Gasteiger partial charge in [0.05, 0.1) is 5.41 Å². The summed E-state index contributed by atoms with van der Waals surface area (Å²) in [5.74, 6) is -1.51. The average Bonchev–Trinajstić information content (AvgIpc) is 3.33. The Hall–Kier alpha value is -2.46. The predicted octanol–water partition coefficient (Wildman–Crippen LogP) is 1.03. The lowest BCUT2D eigenvalue weighted by Gasteiger charge is -2.30. The van der Waals surface area contributed by atoms with E-state index in [1.807, 2.05) is 11.0 Å². The topological polar surface area (TPSA) is 81.8 Å². The van der Waals surface area contributed by atoms with Gasteiger partial charge in [0, 0.05) is 57.2 Å². The number of hydrogen-bond donors (Lipinski definition) is 2. The van der Waals surface area contributed by atoms with Crippen molar-refractivity contribution in [2.24, 2.45) is 11.3 Å². The molecule has 31 heavy (non-hydrogen) atoms. The van der Waals surface area contributed by atoms with Crippen molar-refractivity contribution in [2.45, 2.75) is 38.1 Å². The summed E-state index contributed by atoms with van der Waals surface area (Å²) < 4.78 is 41.3. The van der Waals surface area contributed by atoms with Gasteiger partial charge in [0.15, 0.2) is 0 Å². The minimum absolute atomic E-state index is 0.0351. The molecule has 2 N–H and O–H groups in total. The summed E-state index contributed by atoms with van der Waals surface area (Å²) in [4.78, 5) is 39.6. The van der Waals surface area contributed by atoms with E-state index in [9.17, 15) is 27.6 Å². The van der Waals surface area contributed by atoms with E-state index >= 15 is 0 Å². The van der Waals surface area contributed by atoms with Crippen LogP contribution < -0.4 is 10.6 Å². The highest BCUT2D eigenvalue weighted by Crippen LogP contribution is 2.50. The van der Waals surface area contributed by atoms with Gasteiger partial charge in [0.1, 0.15) is 6.04 Å². The maximum absolute atomic E-state index is 13.8. The first-order valence-electron chi connectivity index (χ1n) is 10.4. The van der Waals surface area contributed by atoms with E-state index in [0.29, 0.717) is 31.6 Å². The van der Waals surface area contributed by atoms with E-state index in [-0.39, 0.29) is 37.9 Å². The molecular formula is C21H23F3N4O3. The SMILES string of the molecule is O=C1CCC(N2Cc3cc(CN4C[C@H]5CNC[C@@]5(C(F)(F)F)C4)ccc3C2=O)C(=O)N1. The number of carbonyl (C=O) groups excluding carboxylic acids is 3. The highest BCUT2D eigenvalue weighted by atomic mass is 19.4. The van der Waals surface area contributed by atoms with Crippen LogP contribution >= 0.6 is 0 Å². The fourth-order valence-electron chi connectivity index (χ4n) is 5.53. The Bertz CT molecular complexity index is 966. The highest BCUT2D eigenvalue weighted by Gasteiger charge is 2.64. The van der Waals surface area contributed by atoms with Crippen LogP contribution in [0.2, 0.25) is 0 Å². The van der Waals surface area contributed by atoms with Crippen LogP contribution in [0.15, 0.2) is 18.2 Å². The molecule has 3 amide bonds. The third kappa shape index (κ3) is 3.23. The van der Waals surface area contributed by atoms with Gasteiger partial charge < -0.3 is 10.2 Å². The number of alkyl halides is 3. The van der Waals surface area contributed by atoms with Crippen LogP contribution in [0.25, 0.3) is 0 Å². The van der Waals surface area contributed by atoms with Crippen molar-refractivity contribution in [3.63, 3.8) is 0 Å². The van der Waals surface area contributed by atoms with Gasteiger partial charge in [-0.3, -0.25) is 24.6 Å². The Morgan fingerprint density at radius 3 is 2.71 bits per heavy atom. The van der Waals surface area contributed by atoms with E-state index < -0.39 is 29.5 Å². The molecule has 0 spiro atoms. The molecule has 4 aliphatic rings. The Morgan fingerprint density at radius 1 is 1.19 bits per heavy atom. The van der Waals surface area contributed by atoms with Gasteiger partial charge in [-0.15, -0.1) is 0 Å². The molecule has 4 heterocycles. The van der Waals surface area contributed by atoms with Crippen LogP contribution in [0.5, 0.6) is 0 Å². The second-order valence-corrected chi connectivity index (χ2v) is 9.04. The quantitative estimate of drug-likeness (QED) is 0.692. The van der Waals surface area contributed by atoms with E-state index in [4.69, 9.17) is 0 Å². The number of fused-ring (bicyclic) bond motifs is 2. The molecule has 4 aliphatic heterocycles. The van der Waals surface area contributed by atoms with E-state index in [1.54, 1.807) is 12.1 Å². The minimum Gasteiger partial charge on any atom is -0.322 e. The number of hydrogen-bond acceptors (Lipinski definition) is 5. The molecule has 1 aromatic carbocycles. The van der Waals surface area contributed by atoms with Crippen molar-refractivity contribution in [2.75, 3.05) is 26.2 Å². The molecule has 0 radical (unpaired) electrons. The number of benzene rings is 1. The van der Waals surface area contributed by atoms with Crippen LogP contribution in [-0.4, -0.2) is 65.9 Å². The van der Waals surface area contributed by atoms with Gasteiger partial charge in [-0.2, -0.15) is 13.2 Å². The molecule has 0 aliphatic carbocycles. The standard InChI is InChI=1S/C21H23F3N4O3/c22-21(23,24)20-10-25-6-14(20)9-27(11-20)7-12-1-2-15-13(5-12)8-28(19(15)31)16-3-4-17(29)26-18(16)30/h1-2,5,14,16,25H,3-4,6-11H2,(H,26,29,30)/t14-,16?,20-/m1/s1.